The first kappa shape index (κ1) is 18.6. The molecule has 3 aromatic rings. The third-order valence-corrected chi connectivity index (χ3v) is 4.39. The van der Waals surface area contributed by atoms with Crippen molar-refractivity contribution < 1.29 is 44.0 Å². The van der Waals surface area contributed by atoms with Gasteiger partial charge in [-0.25, -0.2) is 9.78 Å². The molecular formula is C13H13N4NaO5S. The molecule has 0 fully saturated rings. The minimum atomic E-state index is -4.28. The van der Waals surface area contributed by atoms with Gasteiger partial charge in [-0.2, -0.15) is 8.42 Å². The molecule has 0 aliphatic heterocycles. The SMILES string of the molecule is Cn1c(=O)c2[nH]c(-c3ccc(S(=O)(=O)O)cc3)nc2n(C)c1=O.[H-].[Na+]. The summed E-state index contributed by atoms with van der Waals surface area (Å²) in [5.41, 5.74) is -0.128. The van der Waals surface area contributed by atoms with E-state index in [0.717, 1.165) is 4.57 Å². The van der Waals surface area contributed by atoms with Crippen molar-refractivity contribution in [1.82, 2.24) is 19.1 Å². The maximum absolute atomic E-state index is 12.1. The number of nitrogens with zero attached hydrogens (tertiary/aromatic N) is 3. The van der Waals surface area contributed by atoms with E-state index >= 15 is 0 Å². The Morgan fingerprint density at radius 2 is 1.71 bits per heavy atom. The van der Waals surface area contributed by atoms with Gasteiger partial charge in [0.2, 0.25) is 0 Å². The van der Waals surface area contributed by atoms with Crippen LogP contribution in [-0.2, 0) is 24.2 Å². The number of benzene rings is 1. The Morgan fingerprint density at radius 3 is 2.25 bits per heavy atom. The van der Waals surface area contributed by atoms with Crippen molar-refractivity contribution in [3.63, 3.8) is 0 Å². The second-order valence-corrected chi connectivity index (χ2v) is 6.41. The summed E-state index contributed by atoms with van der Waals surface area (Å²) in [7, 11) is -1.42. The standard InChI is InChI=1S/C13H12N4O5S.Na.H/c1-16-11-9(12(18)17(2)13(16)19)14-10(15-11)7-3-5-8(6-4-7)23(20,21)22;;/h3-6H,1-2H3,(H,14,15)(H,20,21,22);;/q;+1;-1. The molecule has 2 heterocycles. The zero-order chi connectivity index (χ0) is 16.9. The first-order valence-electron chi connectivity index (χ1n) is 6.44. The number of H-pyrrole nitrogens is 1. The Kier molecular flexibility index (Phi) is 4.88. The van der Waals surface area contributed by atoms with Crippen LogP contribution in [0, 0.1) is 0 Å². The predicted octanol–water partition coefficient (Wildman–Crippen LogP) is -3.01. The first-order chi connectivity index (χ1) is 10.7. The molecule has 1 aromatic carbocycles. The third kappa shape index (κ3) is 2.98. The Labute approximate surface area is 159 Å². The zero-order valence-corrected chi connectivity index (χ0v) is 16.0. The summed E-state index contributed by atoms with van der Waals surface area (Å²) in [5.74, 6) is 0.306. The molecule has 122 valence electrons. The molecule has 9 nitrogen and oxygen atoms in total. The van der Waals surface area contributed by atoms with Gasteiger partial charge >= 0.3 is 35.2 Å². The molecule has 0 aliphatic rings. The van der Waals surface area contributed by atoms with Crippen LogP contribution in [0.25, 0.3) is 22.6 Å². The minimum Gasteiger partial charge on any atom is -1.00 e. The Hall–Kier alpha value is -1.72. The summed E-state index contributed by atoms with van der Waals surface area (Å²) in [4.78, 5) is 30.8. The summed E-state index contributed by atoms with van der Waals surface area (Å²) in [5, 5.41) is 0. The van der Waals surface area contributed by atoms with E-state index in [1.54, 1.807) is 0 Å². The normalized spacial score (nSPS) is 11.5. The number of nitrogens with one attached hydrogen (secondary N) is 1. The van der Waals surface area contributed by atoms with Gasteiger partial charge in [0.15, 0.2) is 5.65 Å². The average Bonchev–Trinajstić information content (AvgIpc) is 2.95. The van der Waals surface area contributed by atoms with Crippen molar-refractivity contribution in [1.29, 1.82) is 0 Å². The van der Waals surface area contributed by atoms with Crippen LogP contribution in [0.5, 0.6) is 0 Å². The molecule has 3 rings (SSSR count). The van der Waals surface area contributed by atoms with Gasteiger partial charge in [-0.15, -0.1) is 0 Å². The van der Waals surface area contributed by atoms with E-state index in [9.17, 15) is 18.0 Å². The summed E-state index contributed by atoms with van der Waals surface area (Å²) in [6.45, 7) is 0. The van der Waals surface area contributed by atoms with E-state index in [1.807, 2.05) is 0 Å². The topological polar surface area (TPSA) is 127 Å². The van der Waals surface area contributed by atoms with E-state index in [0.29, 0.717) is 11.4 Å². The van der Waals surface area contributed by atoms with Gasteiger partial charge in [0.25, 0.3) is 15.7 Å². The number of rotatable bonds is 2. The van der Waals surface area contributed by atoms with Gasteiger partial charge in [0, 0.05) is 19.7 Å². The fourth-order valence-electron chi connectivity index (χ4n) is 2.25. The summed E-state index contributed by atoms with van der Waals surface area (Å²) in [6.07, 6.45) is 0. The predicted molar refractivity (Wildman–Crippen MR) is 82.9 cm³/mol. The van der Waals surface area contributed by atoms with Crippen LogP contribution in [0.4, 0.5) is 0 Å². The molecule has 0 saturated carbocycles. The number of hydrogen-bond acceptors (Lipinski definition) is 5. The maximum Gasteiger partial charge on any atom is 1.00 e. The minimum absolute atomic E-state index is 0. The number of hydrogen-bond donors (Lipinski definition) is 2. The van der Waals surface area contributed by atoms with Crippen molar-refractivity contribution in [2.24, 2.45) is 14.1 Å². The molecule has 0 atom stereocenters. The smallest absolute Gasteiger partial charge is 1.00 e. The molecule has 0 amide bonds. The average molecular weight is 360 g/mol. The molecular weight excluding hydrogens is 347 g/mol. The molecule has 24 heavy (non-hydrogen) atoms. The van der Waals surface area contributed by atoms with Crippen LogP contribution < -0.4 is 40.8 Å². The number of aryl methyl sites for hydroxylation is 1. The third-order valence-electron chi connectivity index (χ3n) is 3.52. The van der Waals surface area contributed by atoms with E-state index in [2.05, 4.69) is 9.97 Å². The van der Waals surface area contributed by atoms with Gasteiger partial charge in [0.1, 0.15) is 11.3 Å². The van der Waals surface area contributed by atoms with Crippen molar-refractivity contribution in [3.05, 3.63) is 45.1 Å². The Morgan fingerprint density at radius 1 is 1.12 bits per heavy atom. The van der Waals surface area contributed by atoms with Gasteiger partial charge < -0.3 is 6.41 Å². The fraction of sp³-hybridized carbons (Fsp3) is 0.154. The van der Waals surface area contributed by atoms with Crippen LogP contribution in [0.3, 0.4) is 0 Å². The van der Waals surface area contributed by atoms with E-state index < -0.39 is 21.4 Å². The van der Waals surface area contributed by atoms with Gasteiger partial charge in [-0.05, 0) is 24.3 Å². The fourth-order valence-corrected chi connectivity index (χ4v) is 2.73. The number of imidazole rings is 1. The van der Waals surface area contributed by atoms with Crippen LogP contribution in [0.15, 0.2) is 38.8 Å². The number of aromatic nitrogens is 4. The zero-order valence-electron chi connectivity index (χ0n) is 14.1. The quantitative estimate of drug-likeness (QED) is 0.370. The van der Waals surface area contributed by atoms with Crippen LogP contribution in [-0.4, -0.2) is 32.1 Å². The molecule has 2 N–H and O–H groups in total. The van der Waals surface area contributed by atoms with Crippen molar-refractivity contribution >= 4 is 21.3 Å². The van der Waals surface area contributed by atoms with Crippen molar-refractivity contribution in [2.45, 2.75) is 4.90 Å². The second kappa shape index (κ2) is 6.30. The monoisotopic (exact) mass is 360 g/mol. The first-order valence-corrected chi connectivity index (χ1v) is 7.88. The van der Waals surface area contributed by atoms with Crippen molar-refractivity contribution in [3.8, 4) is 11.4 Å². The molecule has 11 heteroatoms. The molecule has 0 unspecified atom stereocenters. The van der Waals surface area contributed by atoms with E-state index in [1.165, 1.54) is 42.9 Å². The summed E-state index contributed by atoms with van der Waals surface area (Å²) < 4.78 is 33.2. The largest absolute Gasteiger partial charge is 1.00 e. The molecule has 0 spiro atoms. The van der Waals surface area contributed by atoms with Crippen LogP contribution in [0.2, 0.25) is 0 Å². The summed E-state index contributed by atoms with van der Waals surface area (Å²) >= 11 is 0. The molecule has 2 aromatic heterocycles. The summed E-state index contributed by atoms with van der Waals surface area (Å²) in [6, 6.07) is 5.30. The van der Waals surface area contributed by atoms with Gasteiger partial charge in [-0.1, -0.05) is 0 Å². The number of aromatic amines is 1. The Balaban J connectivity index is 0.00000156. The maximum atomic E-state index is 12.1. The van der Waals surface area contributed by atoms with E-state index in [-0.39, 0.29) is 47.0 Å². The van der Waals surface area contributed by atoms with Gasteiger partial charge in [-0.3, -0.25) is 18.5 Å². The number of fused-ring (bicyclic) bond motifs is 1. The second-order valence-electron chi connectivity index (χ2n) is 4.99. The molecule has 0 saturated heterocycles. The van der Waals surface area contributed by atoms with Crippen LogP contribution >= 0.6 is 0 Å². The van der Waals surface area contributed by atoms with Crippen LogP contribution in [0.1, 0.15) is 1.43 Å². The Bertz CT molecular complexity index is 1150. The molecule has 0 bridgehead atoms. The molecule has 0 aliphatic carbocycles. The van der Waals surface area contributed by atoms with Gasteiger partial charge in [0.05, 0.1) is 4.90 Å². The van der Waals surface area contributed by atoms with Crippen molar-refractivity contribution in [2.75, 3.05) is 0 Å². The molecule has 0 radical (unpaired) electrons. The van der Waals surface area contributed by atoms with E-state index in [4.69, 9.17) is 4.55 Å².